The van der Waals surface area contributed by atoms with Crippen molar-refractivity contribution in [2.24, 2.45) is 5.41 Å². The molecule has 0 spiro atoms. The zero-order valence-electron chi connectivity index (χ0n) is 11.1. The average molecular weight is 252 g/mol. The van der Waals surface area contributed by atoms with Crippen molar-refractivity contribution < 1.29 is 19.2 Å². The van der Waals surface area contributed by atoms with Crippen LogP contribution in [0.1, 0.15) is 58.8 Å². The molecule has 0 aromatic heterocycles. The fourth-order valence-electron chi connectivity index (χ4n) is 2.51. The van der Waals surface area contributed by atoms with Crippen molar-refractivity contribution in [2.45, 2.75) is 58.8 Å². The van der Waals surface area contributed by atoms with Crippen molar-refractivity contribution in [1.82, 2.24) is 0 Å². The summed E-state index contributed by atoms with van der Waals surface area (Å²) in [6.07, 6.45) is 2.38. The summed E-state index contributed by atoms with van der Waals surface area (Å²) in [5.41, 5.74) is -1.06. The summed E-state index contributed by atoms with van der Waals surface area (Å²) in [6, 6.07) is 0. The lowest BCUT2D eigenvalue weighted by atomic mass is 9.66. The van der Waals surface area contributed by atoms with E-state index in [2.05, 4.69) is 0 Å². The molecule has 0 aromatic carbocycles. The van der Waals surface area contributed by atoms with Gasteiger partial charge in [-0.1, -0.05) is 0 Å². The van der Waals surface area contributed by atoms with Gasteiger partial charge in [0.25, 0.3) is 0 Å². The third-order valence-corrected chi connectivity index (χ3v) is 3.68. The number of hydrogen-bond donors (Lipinski definition) is 0. The highest BCUT2D eigenvalue weighted by Gasteiger charge is 2.46. The third-order valence-electron chi connectivity index (χ3n) is 3.68. The molecule has 0 N–H and O–H groups in total. The van der Waals surface area contributed by atoms with Crippen LogP contribution in [0, 0.1) is 5.41 Å². The van der Waals surface area contributed by atoms with Gasteiger partial charge in [0.15, 0.2) is 0 Å². The summed E-state index contributed by atoms with van der Waals surface area (Å²) in [5.74, 6) is -0.214. The zero-order chi connectivity index (χ0) is 13.8. The average Bonchev–Trinajstić information content (AvgIpc) is 2.27. The molecule has 0 radical (unpaired) electrons. The van der Waals surface area contributed by atoms with Crippen molar-refractivity contribution >= 4 is 23.1 Å². The van der Waals surface area contributed by atoms with Crippen molar-refractivity contribution in [3.8, 4) is 0 Å². The van der Waals surface area contributed by atoms with Gasteiger partial charge in [0, 0.05) is 25.7 Å². The van der Waals surface area contributed by atoms with E-state index in [9.17, 15) is 19.2 Å². The Balaban J connectivity index is 2.89. The number of hydrogen-bond acceptors (Lipinski definition) is 4. The highest BCUT2D eigenvalue weighted by Crippen LogP contribution is 2.39. The fraction of sp³-hybridized carbons (Fsp3) is 0.714. The van der Waals surface area contributed by atoms with E-state index >= 15 is 0 Å². The van der Waals surface area contributed by atoms with Crippen LogP contribution < -0.4 is 0 Å². The van der Waals surface area contributed by atoms with Crippen LogP contribution in [-0.2, 0) is 19.2 Å². The molecular formula is C14H20O4. The minimum atomic E-state index is -1.06. The van der Waals surface area contributed by atoms with Gasteiger partial charge in [-0.15, -0.1) is 0 Å². The molecular weight excluding hydrogens is 232 g/mol. The Labute approximate surface area is 107 Å². The minimum Gasteiger partial charge on any atom is -0.300 e. The standard InChI is InChI=1S/C14H20O4/c1-10(15)6-8-14(9-7-11(2)16)12(17)4-3-5-13(14)18/h3-9H2,1-2H3. The van der Waals surface area contributed by atoms with E-state index in [1.54, 1.807) is 0 Å². The van der Waals surface area contributed by atoms with E-state index in [4.69, 9.17) is 0 Å². The van der Waals surface area contributed by atoms with E-state index in [1.807, 2.05) is 0 Å². The molecule has 1 rings (SSSR count). The van der Waals surface area contributed by atoms with Crippen LogP contribution in [0.4, 0.5) is 0 Å². The van der Waals surface area contributed by atoms with Crippen LogP contribution >= 0.6 is 0 Å². The number of carbonyl (C=O) groups is 4. The largest absolute Gasteiger partial charge is 0.300 e. The van der Waals surface area contributed by atoms with Gasteiger partial charge in [0.05, 0.1) is 5.41 Å². The first-order valence-corrected chi connectivity index (χ1v) is 6.44. The second kappa shape index (κ2) is 6.03. The molecule has 0 aliphatic heterocycles. The topological polar surface area (TPSA) is 68.3 Å². The minimum absolute atomic E-state index is 0.0247. The smallest absolute Gasteiger partial charge is 0.146 e. The molecule has 1 fully saturated rings. The molecule has 4 nitrogen and oxygen atoms in total. The van der Waals surface area contributed by atoms with Crippen molar-refractivity contribution in [1.29, 1.82) is 0 Å². The van der Waals surface area contributed by atoms with Gasteiger partial charge in [0.1, 0.15) is 23.1 Å². The summed E-state index contributed by atoms with van der Waals surface area (Å²) < 4.78 is 0. The van der Waals surface area contributed by atoms with Crippen LogP contribution in [0.5, 0.6) is 0 Å². The lowest BCUT2D eigenvalue weighted by Gasteiger charge is -2.34. The predicted octanol–water partition coefficient (Wildman–Crippen LogP) is 2.03. The second-order valence-corrected chi connectivity index (χ2v) is 5.19. The Morgan fingerprint density at radius 1 is 0.944 bits per heavy atom. The van der Waals surface area contributed by atoms with Crippen LogP contribution in [0.25, 0.3) is 0 Å². The second-order valence-electron chi connectivity index (χ2n) is 5.19. The number of carbonyl (C=O) groups excluding carboxylic acids is 4. The van der Waals surface area contributed by atoms with Gasteiger partial charge in [-0.25, -0.2) is 0 Å². The Hall–Kier alpha value is -1.32. The molecule has 0 aromatic rings. The Kier molecular flexibility index (Phi) is 4.93. The first-order valence-electron chi connectivity index (χ1n) is 6.44. The zero-order valence-corrected chi connectivity index (χ0v) is 11.1. The monoisotopic (exact) mass is 252 g/mol. The van der Waals surface area contributed by atoms with E-state index in [1.165, 1.54) is 13.8 Å². The Morgan fingerprint density at radius 2 is 1.33 bits per heavy atom. The van der Waals surface area contributed by atoms with E-state index in [-0.39, 0.29) is 48.8 Å². The molecule has 0 amide bonds. The molecule has 0 saturated heterocycles. The van der Waals surface area contributed by atoms with Crippen molar-refractivity contribution in [2.75, 3.05) is 0 Å². The molecule has 1 aliphatic carbocycles. The molecule has 4 heteroatoms. The van der Waals surface area contributed by atoms with E-state index in [0.717, 1.165) is 0 Å². The first-order chi connectivity index (χ1) is 8.38. The molecule has 0 unspecified atom stereocenters. The van der Waals surface area contributed by atoms with Crippen LogP contribution in [0.3, 0.4) is 0 Å². The quantitative estimate of drug-likeness (QED) is 0.678. The van der Waals surface area contributed by atoms with Gasteiger partial charge in [-0.2, -0.15) is 0 Å². The molecule has 0 heterocycles. The van der Waals surface area contributed by atoms with Crippen molar-refractivity contribution in [3.63, 3.8) is 0 Å². The molecule has 0 atom stereocenters. The van der Waals surface area contributed by atoms with E-state index < -0.39 is 5.41 Å². The molecule has 0 bridgehead atoms. The Bertz CT molecular complexity index is 345. The maximum atomic E-state index is 12.1. The molecule has 100 valence electrons. The third kappa shape index (κ3) is 3.34. The van der Waals surface area contributed by atoms with Gasteiger partial charge in [0.2, 0.25) is 0 Å². The fourth-order valence-corrected chi connectivity index (χ4v) is 2.51. The summed E-state index contributed by atoms with van der Waals surface area (Å²) >= 11 is 0. The van der Waals surface area contributed by atoms with Gasteiger partial charge in [-0.3, -0.25) is 9.59 Å². The number of ketones is 4. The summed E-state index contributed by atoms with van der Waals surface area (Å²) in [4.78, 5) is 46.4. The Morgan fingerprint density at radius 3 is 1.67 bits per heavy atom. The predicted molar refractivity (Wildman–Crippen MR) is 66.1 cm³/mol. The van der Waals surface area contributed by atoms with Crippen LogP contribution in [0.15, 0.2) is 0 Å². The lowest BCUT2D eigenvalue weighted by molar-refractivity contribution is -0.145. The SMILES string of the molecule is CC(=O)CCC1(CCC(C)=O)C(=O)CCCC1=O. The van der Waals surface area contributed by atoms with Gasteiger partial charge < -0.3 is 9.59 Å². The maximum absolute atomic E-state index is 12.1. The molecule has 18 heavy (non-hydrogen) atoms. The molecule has 1 aliphatic rings. The summed E-state index contributed by atoms with van der Waals surface area (Å²) in [6.45, 7) is 2.91. The number of Topliss-reactive ketones (excluding diaryl/α,β-unsaturated/α-hetero) is 4. The van der Waals surface area contributed by atoms with Crippen LogP contribution in [0.2, 0.25) is 0 Å². The first kappa shape index (κ1) is 14.7. The number of rotatable bonds is 6. The van der Waals surface area contributed by atoms with E-state index in [0.29, 0.717) is 19.3 Å². The molecule has 1 saturated carbocycles. The normalized spacial score (nSPS) is 18.8. The van der Waals surface area contributed by atoms with Gasteiger partial charge in [-0.05, 0) is 33.1 Å². The van der Waals surface area contributed by atoms with Crippen molar-refractivity contribution in [3.05, 3.63) is 0 Å². The summed E-state index contributed by atoms with van der Waals surface area (Å²) in [5, 5.41) is 0. The summed E-state index contributed by atoms with van der Waals surface area (Å²) in [7, 11) is 0. The van der Waals surface area contributed by atoms with Crippen LogP contribution in [-0.4, -0.2) is 23.1 Å². The van der Waals surface area contributed by atoms with Gasteiger partial charge >= 0.3 is 0 Å². The maximum Gasteiger partial charge on any atom is 0.146 e. The lowest BCUT2D eigenvalue weighted by Crippen LogP contribution is -2.43. The highest BCUT2D eigenvalue weighted by molar-refractivity contribution is 6.09. The highest BCUT2D eigenvalue weighted by atomic mass is 16.2.